The molecule has 0 atom stereocenters. The standard InChI is InChI=1S/C7H9.Pt/c1-6-4-3-5-7(6)2;/h3-5H,1-2H3;. The van der Waals surface area contributed by atoms with Crippen molar-refractivity contribution in [2.24, 2.45) is 0 Å². The summed E-state index contributed by atoms with van der Waals surface area (Å²) in [5, 5.41) is 0. The molecule has 1 radical (unpaired) electrons. The zero-order valence-electron chi connectivity index (χ0n) is 5.05. The molecule has 0 nitrogen and oxygen atoms in total. The van der Waals surface area contributed by atoms with E-state index in [4.69, 9.17) is 0 Å². The molecule has 1 aliphatic carbocycles. The van der Waals surface area contributed by atoms with E-state index in [-0.39, 0.29) is 21.1 Å². The zero-order chi connectivity index (χ0) is 5.28. The van der Waals surface area contributed by atoms with Crippen molar-refractivity contribution >= 4 is 0 Å². The van der Waals surface area contributed by atoms with Gasteiger partial charge in [0, 0.05) is 27.0 Å². The summed E-state index contributed by atoms with van der Waals surface area (Å²) in [7, 11) is 0. The van der Waals surface area contributed by atoms with Crippen LogP contribution >= 0.6 is 0 Å². The third kappa shape index (κ3) is 1.59. The summed E-state index contributed by atoms with van der Waals surface area (Å²) < 4.78 is 0. The number of allylic oxidation sites excluding steroid dienone is 4. The van der Waals surface area contributed by atoms with E-state index < -0.39 is 0 Å². The van der Waals surface area contributed by atoms with Crippen LogP contribution < -0.4 is 0 Å². The van der Waals surface area contributed by atoms with Crippen LogP contribution in [0.25, 0.3) is 0 Å². The SMILES string of the molecule is C[C]1C=CC=C1C.[Pt]. The van der Waals surface area contributed by atoms with Gasteiger partial charge in [-0.15, -0.1) is 0 Å². The van der Waals surface area contributed by atoms with Crippen LogP contribution in [0.1, 0.15) is 13.8 Å². The monoisotopic (exact) mass is 288 g/mol. The average Bonchev–Trinajstić information content (AvgIpc) is 1.91. The van der Waals surface area contributed by atoms with Crippen molar-refractivity contribution in [1.29, 1.82) is 0 Å². The molecule has 0 bridgehead atoms. The summed E-state index contributed by atoms with van der Waals surface area (Å²) in [6.45, 7) is 4.24. The summed E-state index contributed by atoms with van der Waals surface area (Å²) in [5.41, 5.74) is 1.39. The quantitative estimate of drug-likeness (QED) is 0.640. The van der Waals surface area contributed by atoms with Crippen LogP contribution in [0.2, 0.25) is 0 Å². The fourth-order valence-corrected chi connectivity index (χ4v) is 0.600. The van der Waals surface area contributed by atoms with Crippen LogP contribution in [-0.2, 0) is 21.1 Å². The topological polar surface area (TPSA) is 0 Å². The largest absolute Gasteiger partial charge is 0.0734 e. The molecule has 0 fully saturated rings. The Kier molecular flexibility index (Phi) is 3.31. The Balaban J connectivity index is 0.000000490. The van der Waals surface area contributed by atoms with E-state index in [2.05, 4.69) is 32.1 Å². The average molecular weight is 288 g/mol. The van der Waals surface area contributed by atoms with E-state index >= 15 is 0 Å². The van der Waals surface area contributed by atoms with Crippen molar-refractivity contribution < 1.29 is 21.1 Å². The third-order valence-corrected chi connectivity index (χ3v) is 1.31. The number of rotatable bonds is 0. The van der Waals surface area contributed by atoms with E-state index in [9.17, 15) is 0 Å². The smallest absolute Gasteiger partial charge is 0.0192 e. The van der Waals surface area contributed by atoms with Crippen molar-refractivity contribution in [3.63, 3.8) is 0 Å². The molecule has 47 valence electrons. The summed E-state index contributed by atoms with van der Waals surface area (Å²) >= 11 is 0. The first-order valence-corrected chi connectivity index (χ1v) is 2.49. The van der Waals surface area contributed by atoms with Gasteiger partial charge in [0.05, 0.1) is 0 Å². The van der Waals surface area contributed by atoms with E-state index in [0.29, 0.717) is 0 Å². The Labute approximate surface area is 64.9 Å². The van der Waals surface area contributed by atoms with Crippen LogP contribution in [0.4, 0.5) is 0 Å². The molecule has 1 heteroatoms. The van der Waals surface area contributed by atoms with Crippen molar-refractivity contribution in [2.45, 2.75) is 13.8 Å². The van der Waals surface area contributed by atoms with Gasteiger partial charge in [-0.2, -0.15) is 0 Å². The molecule has 0 saturated carbocycles. The normalized spacial score (nSPS) is 18.0. The molecule has 0 aromatic rings. The second-order valence-electron chi connectivity index (χ2n) is 1.89. The Morgan fingerprint density at radius 3 is 2.00 bits per heavy atom. The summed E-state index contributed by atoms with van der Waals surface area (Å²) in [6.07, 6.45) is 6.31. The van der Waals surface area contributed by atoms with Crippen molar-refractivity contribution in [3.05, 3.63) is 29.7 Å². The first kappa shape index (κ1) is 8.17. The molecule has 0 saturated heterocycles. The van der Waals surface area contributed by atoms with Crippen LogP contribution in [-0.4, -0.2) is 0 Å². The van der Waals surface area contributed by atoms with Gasteiger partial charge in [-0.1, -0.05) is 30.7 Å². The van der Waals surface area contributed by atoms with Gasteiger partial charge in [-0.3, -0.25) is 0 Å². The van der Waals surface area contributed by atoms with E-state index in [1.165, 1.54) is 11.5 Å². The molecule has 8 heavy (non-hydrogen) atoms. The van der Waals surface area contributed by atoms with Gasteiger partial charge in [-0.05, 0) is 6.92 Å². The first-order valence-electron chi connectivity index (χ1n) is 2.49. The molecular weight excluding hydrogens is 279 g/mol. The van der Waals surface area contributed by atoms with Crippen LogP contribution in [0.3, 0.4) is 0 Å². The molecule has 0 amide bonds. The summed E-state index contributed by atoms with van der Waals surface area (Å²) in [4.78, 5) is 0. The van der Waals surface area contributed by atoms with Gasteiger partial charge >= 0.3 is 0 Å². The Morgan fingerprint density at radius 2 is 1.88 bits per heavy atom. The van der Waals surface area contributed by atoms with Gasteiger partial charge < -0.3 is 0 Å². The minimum absolute atomic E-state index is 0. The maximum atomic E-state index is 2.12. The van der Waals surface area contributed by atoms with Gasteiger partial charge in [0.15, 0.2) is 0 Å². The fourth-order valence-electron chi connectivity index (χ4n) is 0.600. The summed E-state index contributed by atoms with van der Waals surface area (Å²) in [6, 6.07) is 0. The van der Waals surface area contributed by atoms with Crippen LogP contribution in [0.15, 0.2) is 23.8 Å². The Bertz CT molecular complexity index is 122. The minimum Gasteiger partial charge on any atom is -0.0734 e. The number of hydrogen-bond acceptors (Lipinski definition) is 0. The molecule has 0 heterocycles. The molecule has 1 rings (SSSR count). The predicted octanol–water partition coefficient (Wildman–Crippen LogP) is 2.09. The summed E-state index contributed by atoms with van der Waals surface area (Å²) in [5.74, 6) is 1.39. The molecule has 0 aromatic carbocycles. The molecule has 0 unspecified atom stereocenters. The van der Waals surface area contributed by atoms with E-state index in [0.717, 1.165) is 0 Å². The second-order valence-corrected chi connectivity index (χ2v) is 1.89. The molecule has 0 aliphatic heterocycles. The Morgan fingerprint density at radius 1 is 1.25 bits per heavy atom. The van der Waals surface area contributed by atoms with Crippen LogP contribution in [0, 0.1) is 5.92 Å². The molecule has 0 aromatic heterocycles. The van der Waals surface area contributed by atoms with E-state index in [1.54, 1.807) is 0 Å². The van der Waals surface area contributed by atoms with Crippen molar-refractivity contribution in [1.82, 2.24) is 0 Å². The maximum absolute atomic E-state index is 2.12. The van der Waals surface area contributed by atoms with Gasteiger partial charge in [0.25, 0.3) is 0 Å². The molecule has 0 spiro atoms. The zero-order valence-corrected chi connectivity index (χ0v) is 7.32. The van der Waals surface area contributed by atoms with E-state index in [1.807, 2.05) is 0 Å². The fraction of sp³-hybridized carbons (Fsp3) is 0.286. The molecule has 0 N–H and O–H groups in total. The molecular formula is C7H9Pt. The van der Waals surface area contributed by atoms with Gasteiger partial charge in [-0.25, -0.2) is 0 Å². The predicted molar refractivity (Wildman–Crippen MR) is 31.8 cm³/mol. The maximum Gasteiger partial charge on any atom is 0.0192 e. The second kappa shape index (κ2) is 3.24. The van der Waals surface area contributed by atoms with Crippen molar-refractivity contribution in [2.75, 3.05) is 0 Å². The van der Waals surface area contributed by atoms with Crippen LogP contribution in [0.5, 0.6) is 0 Å². The number of hydrogen-bond donors (Lipinski definition) is 0. The van der Waals surface area contributed by atoms with Gasteiger partial charge in [0.1, 0.15) is 0 Å². The minimum atomic E-state index is 0. The van der Waals surface area contributed by atoms with Gasteiger partial charge in [0.2, 0.25) is 0 Å². The van der Waals surface area contributed by atoms with Crippen molar-refractivity contribution in [3.8, 4) is 0 Å². The first-order chi connectivity index (χ1) is 3.30. The molecule has 1 aliphatic rings. The Hall–Kier alpha value is 0.168. The third-order valence-electron chi connectivity index (χ3n) is 1.31.